The molecule has 0 aromatic heterocycles. The molecular formula is C14H21BrN2O2. The molecule has 1 unspecified atom stereocenters. The van der Waals surface area contributed by atoms with Gasteiger partial charge in [-0.25, -0.2) is 0 Å². The van der Waals surface area contributed by atoms with Crippen molar-refractivity contribution in [2.24, 2.45) is 5.92 Å². The lowest BCUT2D eigenvalue weighted by Crippen LogP contribution is -2.39. The zero-order valence-electron chi connectivity index (χ0n) is 11.3. The highest BCUT2D eigenvalue weighted by Gasteiger charge is 2.13. The molecule has 106 valence electrons. The lowest BCUT2D eigenvalue weighted by Gasteiger charge is -2.21. The molecule has 3 N–H and O–H groups in total. The van der Waals surface area contributed by atoms with E-state index in [0.29, 0.717) is 12.3 Å². The van der Waals surface area contributed by atoms with Crippen LogP contribution in [0.25, 0.3) is 0 Å². The number of rotatable bonds is 7. The van der Waals surface area contributed by atoms with Crippen LogP contribution in [0.4, 0.5) is 5.69 Å². The highest BCUT2D eigenvalue weighted by atomic mass is 79.9. The predicted octanol–water partition coefficient (Wildman–Crippen LogP) is 2.38. The normalized spacial score (nSPS) is 12.5. The Hall–Kier alpha value is -0.910. The molecule has 1 amide bonds. The Morgan fingerprint density at radius 2 is 1.95 bits per heavy atom. The van der Waals surface area contributed by atoms with Crippen LogP contribution in [0.1, 0.15) is 20.3 Å². The Balaban J connectivity index is 2.40. The number of hydrogen-bond donors (Lipinski definition) is 3. The van der Waals surface area contributed by atoms with E-state index in [4.69, 9.17) is 5.11 Å². The zero-order chi connectivity index (χ0) is 14.3. The van der Waals surface area contributed by atoms with Crippen LogP contribution < -0.4 is 10.6 Å². The summed E-state index contributed by atoms with van der Waals surface area (Å²) < 4.78 is 0.978. The third kappa shape index (κ3) is 6.18. The van der Waals surface area contributed by atoms with E-state index in [1.807, 2.05) is 24.3 Å². The Kier molecular flexibility index (Phi) is 7.05. The van der Waals surface area contributed by atoms with Crippen molar-refractivity contribution in [1.82, 2.24) is 5.32 Å². The summed E-state index contributed by atoms with van der Waals surface area (Å²) in [6, 6.07) is 7.60. The molecular weight excluding hydrogens is 308 g/mol. The minimum Gasteiger partial charge on any atom is -0.396 e. The van der Waals surface area contributed by atoms with Gasteiger partial charge in [0.25, 0.3) is 0 Å². The fourth-order valence-corrected chi connectivity index (χ4v) is 2.04. The van der Waals surface area contributed by atoms with E-state index < -0.39 is 0 Å². The fourth-order valence-electron chi connectivity index (χ4n) is 1.77. The van der Waals surface area contributed by atoms with Gasteiger partial charge in [-0.05, 0) is 36.6 Å². The number of nitrogens with one attached hydrogen (secondary N) is 2. The molecule has 0 aliphatic heterocycles. The van der Waals surface area contributed by atoms with Crippen LogP contribution in [-0.4, -0.2) is 30.2 Å². The van der Waals surface area contributed by atoms with Crippen molar-refractivity contribution in [1.29, 1.82) is 0 Å². The van der Waals surface area contributed by atoms with Gasteiger partial charge in [0.1, 0.15) is 0 Å². The van der Waals surface area contributed by atoms with Crippen molar-refractivity contribution in [2.45, 2.75) is 26.3 Å². The Morgan fingerprint density at radius 1 is 1.32 bits per heavy atom. The number of carbonyl (C=O) groups is 1. The molecule has 4 nitrogen and oxygen atoms in total. The number of amides is 1. The first kappa shape index (κ1) is 16.1. The number of aliphatic hydroxyl groups is 1. The number of anilines is 1. The lowest BCUT2D eigenvalue weighted by atomic mass is 10.0. The molecule has 1 aromatic carbocycles. The van der Waals surface area contributed by atoms with E-state index in [1.165, 1.54) is 0 Å². The maximum absolute atomic E-state index is 11.8. The number of benzene rings is 1. The first-order valence-corrected chi connectivity index (χ1v) is 7.22. The third-order valence-corrected chi connectivity index (χ3v) is 3.43. The monoisotopic (exact) mass is 328 g/mol. The standard InChI is InChI=1S/C14H21BrN2O2/c1-10(2)13(7-8-18)16-9-14(19)17-12-5-3-11(15)4-6-12/h3-6,10,13,16,18H,7-9H2,1-2H3,(H,17,19). The lowest BCUT2D eigenvalue weighted by molar-refractivity contribution is -0.115. The van der Waals surface area contributed by atoms with Gasteiger partial charge in [-0.1, -0.05) is 29.8 Å². The van der Waals surface area contributed by atoms with Crippen LogP contribution in [0, 0.1) is 5.92 Å². The molecule has 1 atom stereocenters. The van der Waals surface area contributed by atoms with Crippen molar-refractivity contribution in [3.05, 3.63) is 28.7 Å². The quantitative estimate of drug-likeness (QED) is 0.720. The minimum atomic E-state index is -0.0779. The molecule has 19 heavy (non-hydrogen) atoms. The topological polar surface area (TPSA) is 61.4 Å². The Labute approximate surface area is 122 Å². The SMILES string of the molecule is CC(C)C(CCO)NCC(=O)Nc1ccc(Br)cc1. The Morgan fingerprint density at radius 3 is 2.47 bits per heavy atom. The van der Waals surface area contributed by atoms with E-state index in [9.17, 15) is 4.79 Å². The van der Waals surface area contributed by atoms with E-state index in [-0.39, 0.29) is 25.1 Å². The highest BCUT2D eigenvalue weighted by molar-refractivity contribution is 9.10. The van der Waals surface area contributed by atoms with Crippen LogP contribution in [0.5, 0.6) is 0 Å². The fraction of sp³-hybridized carbons (Fsp3) is 0.500. The van der Waals surface area contributed by atoms with Gasteiger partial charge >= 0.3 is 0 Å². The molecule has 0 bridgehead atoms. The van der Waals surface area contributed by atoms with Crippen molar-refractivity contribution in [3.63, 3.8) is 0 Å². The summed E-state index contributed by atoms with van der Waals surface area (Å²) in [5.74, 6) is 0.304. The zero-order valence-corrected chi connectivity index (χ0v) is 12.9. The van der Waals surface area contributed by atoms with Crippen LogP contribution in [-0.2, 0) is 4.79 Å². The summed E-state index contributed by atoms with van der Waals surface area (Å²) in [6.07, 6.45) is 0.656. The third-order valence-electron chi connectivity index (χ3n) is 2.90. The van der Waals surface area contributed by atoms with E-state index in [2.05, 4.69) is 40.4 Å². The predicted molar refractivity (Wildman–Crippen MR) is 81.1 cm³/mol. The van der Waals surface area contributed by atoms with Gasteiger partial charge in [-0.3, -0.25) is 4.79 Å². The van der Waals surface area contributed by atoms with E-state index >= 15 is 0 Å². The van der Waals surface area contributed by atoms with Crippen LogP contribution in [0.3, 0.4) is 0 Å². The number of carbonyl (C=O) groups excluding carboxylic acids is 1. The molecule has 0 heterocycles. The average molecular weight is 329 g/mol. The molecule has 1 rings (SSSR count). The summed E-state index contributed by atoms with van der Waals surface area (Å²) in [7, 11) is 0. The molecule has 0 spiro atoms. The summed E-state index contributed by atoms with van der Waals surface area (Å²) in [4.78, 5) is 11.8. The summed E-state index contributed by atoms with van der Waals surface area (Å²) >= 11 is 3.35. The second kappa shape index (κ2) is 8.30. The number of halogens is 1. The minimum absolute atomic E-state index is 0.0779. The molecule has 0 fully saturated rings. The van der Waals surface area contributed by atoms with Gasteiger partial charge in [-0.15, -0.1) is 0 Å². The van der Waals surface area contributed by atoms with Crippen LogP contribution in [0.2, 0.25) is 0 Å². The van der Waals surface area contributed by atoms with Gasteiger partial charge in [-0.2, -0.15) is 0 Å². The second-order valence-corrected chi connectivity index (χ2v) is 5.71. The van der Waals surface area contributed by atoms with Crippen molar-refractivity contribution in [3.8, 4) is 0 Å². The highest BCUT2D eigenvalue weighted by Crippen LogP contribution is 2.13. The molecule has 1 aromatic rings. The van der Waals surface area contributed by atoms with Gasteiger partial charge in [0.05, 0.1) is 6.54 Å². The van der Waals surface area contributed by atoms with Gasteiger partial charge in [0.15, 0.2) is 0 Å². The molecule has 5 heteroatoms. The number of aliphatic hydroxyl groups excluding tert-OH is 1. The second-order valence-electron chi connectivity index (χ2n) is 4.80. The summed E-state index contributed by atoms with van der Waals surface area (Å²) in [5.41, 5.74) is 0.776. The van der Waals surface area contributed by atoms with Crippen molar-refractivity contribution in [2.75, 3.05) is 18.5 Å². The molecule has 0 aliphatic rings. The van der Waals surface area contributed by atoms with Crippen molar-refractivity contribution >= 4 is 27.5 Å². The average Bonchev–Trinajstić information content (AvgIpc) is 2.37. The molecule has 0 radical (unpaired) electrons. The summed E-state index contributed by atoms with van der Waals surface area (Å²) in [6.45, 7) is 4.52. The maximum Gasteiger partial charge on any atom is 0.238 e. The smallest absolute Gasteiger partial charge is 0.238 e. The first-order valence-electron chi connectivity index (χ1n) is 6.42. The first-order chi connectivity index (χ1) is 9.02. The van der Waals surface area contributed by atoms with Crippen molar-refractivity contribution < 1.29 is 9.90 Å². The Bertz CT molecular complexity index is 393. The van der Waals surface area contributed by atoms with Gasteiger partial charge in [0, 0.05) is 22.8 Å². The summed E-state index contributed by atoms with van der Waals surface area (Å²) in [5, 5.41) is 15.0. The molecule has 0 saturated carbocycles. The van der Waals surface area contributed by atoms with Gasteiger partial charge < -0.3 is 15.7 Å². The van der Waals surface area contributed by atoms with E-state index in [1.54, 1.807) is 0 Å². The number of hydrogen-bond acceptors (Lipinski definition) is 3. The van der Waals surface area contributed by atoms with Crippen LogP contribution in [0.15, 0.2) is 28.7 Å². The van der Waals surface area contributed by atoms with Gasteiger partial charge in [0.2, 0.25) is 5.91 Å². The molecule has 0 aliphatic carbocycles. The maximum atomic E-state index is 11.8. The van der Waals surface area contributed by atoms with E-state index in [0.717, 1.165) is 10.2 Å². The largest absolute Gasteiger partial charge is 0.396 e. The van der Waals surface area contributed by atoms with Crippen LogP contribution >= 0.6 is 15.9 Å². The molecule has 0 saturated heterocycles.